The number of halogens is 1. The number of aromatic amines is 1. The zero-order chi connectivity index (χ0) is 10.0. The van der Waals surface area contributed by atoms with Crippen LogP contribution < -0.4 is 11.2 Å². The van der Waals surface area contributed by atoms with Crippen LogP contribution in [0.5, 0.6) is 0 Å². The van der Waals surface area contributed by atoms with Crippen molar-refractivity contribution in [1.29, 1.82) is 0 Å². The maximum absolute atomic E-state index is 11.2. The van der Waals surface area contributed by atoms with E-state index in [0.29, 0.717) is 0 Å². The summed E-state index contributed by atoms with van der Waals surface area (Å²) >= 11 is 5.45. The average Bonchev–Trinajstić information content (AvgIpc) is 2.02. The van der Waals surface area contributed by atoms with E-state index in [-0.39, 0.29) is 5.15 Å². The minimum atomic E-state index is -0.594. The van der Waals surface area contributed by atoms with E-state index in [4.69, 9.17) is 18.0 Å². The number of rotatable bonds is 1. The molecular weight excluding hydrogens is 192 g/mol. The van der Waals surface area contributed by atoms with Gasteiger partial charge in [-0.3, -0.25) is 9.78 Å². The molecule has 13 heavy (non-hydrogen) atoms. The largest absolute Gasteiger partial charge is 0.330 e. The van der Waals surface area contributed by atoms with E-state index in [9.17, 15) is 9.59 Å². The SMILES string of the molecule is C#CC(C)n1c(=O)cc(Cl)[nH]c1=O. The first-order chi connectivity index (χ1) is 6.06. The summed E-state index contributed by atoms with van der Waals surface area (Å²) in [6, 6.07) is 0.532. The van der Waals surface area contributed by atoms with Gasteiger partial charge in [0.15, 0.2) is 0 Å². The Morgan fingerprint density at radius 2 is 2.31 bits per heavy atom. The van der Waals surface area contributed by atoms with Crippen LogP contribution in [0.1, 0.15) is 13.0 Å². The van der Waals surface area contributed by atoms with E-state index in [1.165, 1.54) is 0 Å². The molecule has 0 aliphatic rings. The standard InChI is InChI=1S/C8H7ClN2O2/c1-3-5(2)11-7(12)4-6(9)10-8(11)13/h1,4-5H,2H3,(H,10,13). The summed E-state index contributed by atoms with van der Waals surface area (Å²) in [6.45, 7) is 1.57. The molecular formula is C8H7ClN2O2. The van der Waals surface area contributed by atoms with Gasteiger partial charge in [-0.2, -0.15) is 0 Å². The number of aromatic nitrogens is 2. The molecule has 1 aromatic heterocycles. The number of nitrogens with zero attached hydrogens (tertiary/aromatic N) is 1. The molecule has 5 heteroatoms. The summed E-state index contributed by atoms with van der Waals surface area (Å²) in [5.41, 5.74) is -1.10. The number of H-pyrrole nitrogens is 1. The molecule has 0 aromatic carbocycles. The first-order valence-electron chi connectivity index (χ1n) is 3.53. The van der Waals surface area contributed by atoms with Crippen molar-refractivity contribution in [3.8, 4) is 12.3 Å². The van der Waals surface area contributed by atoms with Crippen LogP contribution in [-0.2, 0) is 0 Å². The lowest BCUT2D eigenvalue weighted by atomic mass is 10.3. The number of terminal acetylenes is 1. The lowest BCUT2D eigenvalue weighted by molar-refractivity contribution is 0.611. The molecule has 0 fully saturated rings. The Morgan fingerprint density at radius 3 is 2.77 bits per heavy atom. The Bertz CT molecular complexity index is 435. The summed E-state index contributed by atoms with van der Waals surface area (Å²) in [5.74, 6) is 2.28. The summed E-state index contributed by atoms with van der Waals surface area (Å²) < 4.78 is 0.922. The highest BCUT2D eigenvalue weighted by Crippen LogP contribution is 1.98. The Morgan fingerprint density at radius 1 is 1.69 bits per heavy atom. The fourth-order valence-corrected chi connectivity index (χ4v) is 1.09. The molecule has 0 saturated heterocycles. The smallest absolute Gasteiger partial charge is 0.297 e. The lowest BCUT2D eigenvalue weighted by Gasteiger charge is -2.05. The molecule has 1 rings (SSSR count). The minimum absolute atomic E-state index is 0.00970. The summed E-state index contributed by atoms with van der Waals surface area (Å²) in [6.07, 6.45) is 5.08. The van der Waals surface area contributed by atoms with Gasteiger partial charge in [-0.25, -0.2) is 9.36 Å². The molecule has 1 N–H and O–H groups in total. The van der Waals surface area contributed by atoms with Crippen molar-refractivity contribution in [2.24, 2.45) is 0 Å². The highest BCUT2D eigenvalue weighted by atomic mass is 35.5. The highest BCUT2D eigenvalue weighted by molar-refractivity contribution is 6.29. The monoisotopic (exact) mass is 198 g/mol. The van der Waals surface area contributed by atoms with Crippen LogP contribution in [0.4, 0.5) is 0 Å². The molecule has 0 aliphatic carbocycles. The second-order valence-corrected chi connectivity index (χ2v) is 2.88. The second-order valence-electron chi connectivity index (χ2n) is 2.47. The molecule has 68 valence electrons. The maximum Gasteiger partial charge on any atom is 0.330 e. The van der Waals surface area contributed by atoms with Gasteiger partial charge < -0.3 is 0 Å². The van der Waals surface area contributed by atoms with Gasteiger partial charge in [-0.1, -0.05) is 17.5 Å². The minimum Gasteiger partial charge on any atom is -0.297 e. The summed E-state index contributed by atoms with van der Waals surface area (Å²) in [4.78, 5) is 24.7. The van der Waals surface area contributed by atoms with Crippen LogP contribution in [0.25, 0.3) is 0 Å². The number of hydrogen-bond acceptors (Lipinski definition) is 2. The van der Waals surface area contributed by atoms with Gasteiger partial charge in [0.2, 0.25) is 0 Å². The van der Waals surface area contributed by atoms with Gasteiger partial charge in [0.05, 0.1) is 6.04 Å². The van der Waals surface area contributed by atoms with Crippen molar-refractivity contribution in [3.63, 3.8) is 0 Å². The molecule has 1 heterocycles. The molecule has 0 amide bonds. The average molecular weight is 199 g/mol. The van der Waals surface area contributed by atoms with Crippen molar-refractivity contribution in [2.45, 2.75) is 13.0 Å². The number of hydrogen-bond donors (Lipinski definition) is 1. The Balaban J connectivity index is 3.49. The Labute approximate surface area is 79.2 Å². The van der Waals surface area contributed by atoms with Gasteiger partial charge in [-0.05, 0) is 6.92 Å². The van der Waals surface area contributed by atoms with Crippen LogP contribution in [0.15, 0.2) is 15.7 Å². The molecule has 0 radical (unpaired) electrons. The molecule has 1 atom stereocenters. The molecule has 4 nitrogen and oxygen atoms in total. The Hall–Kier alpha value is -1.47. The molecule has 0 bridgehead atoms. The van der Waals surface area contributed by atoms with Gasteiger partial charge in [0.1, 0.15) is 5.15 Å². The van der Waals surface area contributed by atoms with Gasteiger partial charge in [0, 0.05) is 6.07 Å². The summed E-state index contributed by atoms with van der Waals surface area (Å²) in [5, 5.41) is 0.00970. The van der Waals surface area contributed by atoms with E-state index in [2.05, 4.69) is 10.9 Å². The van der Waals surface area contributed by atoms with Crippen molar-refractivity contribution >= 4 is 11.6 Å². The maximum atomic E-state index is 11.2. The normalized spacial score (nSPS) is 12.1. The molecule has 1 unspecified atom stereocenters. The summed E-state index contributed by atoms with van der Waals surface area (Å²) in [7, 11) is 0. The predicted octanol–water partition coefficient (Wildman–Crippen LogP) is 0.384. The van der Waals surface area contributed by atoms with E-state index in [1.54, 1.807) is 6.92 Å². The van der Waals surface area contributed by atoms with Crippen LogP contribution in [-0.4, -0.2) is 9.55 Å². The first-order valence-corrected chi connectivity index (χ1v) is 3.91. The van der Waals surface area contributed by atoms with Gasteiger partial charge in [-0.15, -0.1) is 6.42 Å². The third-order valence-corrected chi connectivity index (χ3v) is 1.76. The van der Waals surface area contributed by atoms with E-state index in [0.717, 1.165) is 10.6 Å². The second kappa shape index (κ2) is 3.50. The molecule has 0 spiro atoms. The predicted molar refractivity (Wildman–Crippen MR) is 49.9 cm³/mol. The van der Waals surface area contributed by atoms with Gasteiger partial charge >= 0.3 is 5.69 Å². The zero-order valence-electron chi connectivity index (χ0n) is 6.87. The quantitative estimate of drug-likeness (QED) is 0.524. The van der Waals surface area contributed by atoms with Crippen molar-refractivity contribution < 1.29 is 0 Å². The fourth-order valence-electron chi connectivity index (χ4n) is 0.918. The first kappa shape index (κ1) is 9.62. The zero-order valence-corrected chi connectivity index (χ0v) is 7.63. The third kappa shape index (κ3) is 1.82. The molecule has 0 saturated carbocycles. The third-order valence-electron chi connectivity index (χ3n) is 1.56. The number of nitrogens with one attached hydrogen (secondary N) is 1. The Kier molecular flexibility index (Phi) is 2.59. The molecule has 1 aromatic rings. The van der Waals surface area contributed by atoms with Gasteiger partial charge in [0.25, 0.3) is 5.56 Å². The van der Waals surface area contributed by atoms with Crippen molar-refractivity contribution in [3.05, 3.63) is 32.1 Å². The van der Waals surface area contributed by atoms with E-state index in [1.807, 2.05) is 0 Å². The van der Waals surface area contributed by atoms with Crippen LogP contribution >= 0.6 is 11.6 Å². The fraction of sp³-hybridized carbons (Fsp3) is 0.250. The van der Waals surface area contributed by atoms with Crippen LogP contribution in [0.3, 0.4) is 0 Å². The van der Waals surface area contributed by atoms with Crippen molar-refractivity contribution in [2.75, 3.05) is 0 Å². The topological polar surface area (TPSA) is 54.9 Å². The van der Waals surface area contributed by atoms with Crippen LogP contribution in [0, 0.1) is 12.3 Å². The van der Waals surface area contributed by atoms with Crippen molar-refractivity contribution in [1.82, 2.24) is 9.55 Å². The molecule has 0 aliphatic heterocycles. The van der Waals surface area contributed by atoms with E-state index >= 15 is 0 Å². The van der Waals surface area contributed by atoms with E-state index < -0.39 is 17.3 Å². The highest BCUT2D eigenvalue weighted by Gasteiger charge is 2.07. The lowest BCUT2D eigenvalue weighted by Crippen LogP contribution is -2.36. The van der Waals surface area contributed by atoms with Crippen LogP contribution in [0.2, 0.25) is 5.15 Å².